The third kappa shape index (κ3) is 4.45. The maximum atomic E-state index is 11.8. The monoisotopic (exact) mass is 453 g/mol. The minimum absolute atomic E-state index is 0.140. The largest absolute Gasteiger partial charge is 0.414 e. The molecule has 1 aliphatic heterocycles. The first-order valence-corrected chi connectivity index (χ1v) is 11.4. The van der Waals surface area contributed by atoms with Crippen molar-refractivity contribution >= 4 is 40.3 Å². The fraction of sp³-hybridized carbons (Fsp3) is 0.273. The van der Waals surface area contributed by atoms with Crippen molar-refractivity contribution in [3.8, 4) is 0 Å². The predicted octanol–water partition coefficient (Wildman–Crippen LogP) is 4.54. The smallest absolute Gasteiger partial charge is 0.277 e. The highest BCUT2D eigenvalue weighted by Crippen LogP contribution is 2.27. The van der Waals surface area contributed by atoms with Gasteiger partial charge in [-0.15, -0.1) is 10.2 Å². The molecule has 9 heteroatoms. The number of hydrogen-bond acceptors (Lipinski definition) is 6. The molecule has 0 aliphatic carbocycles. The molecular formula is C22H20ClN5O2S. The van der Waals surface area contributed by atoms with Gasteiger partial charge in [-0.1, -0.05) is 53.7 Å². The van der Waals surface area contributed by atoms with Gasteiger partial charge in [0, 0.05) is 24.5 Å². The summed E-state index contributed by atoms with van der Waals surface area (Å²) in [6.45, 7) is 1.83. The normalized spacial score (nSPS) is 14.1. The van der Waals surface area contributed by atoms with E-state index in [1.807, 2.05) is 36.4 Å². The Hall–Kier alpha value is -2.84. The first kappa shape index (κ1) is 20.1. The van der Waals surface area contributed by atoms with E-state index in [1.165, 1.54) is 17.3 Å². The lowest BCUT2D eigenvalue weighted by molar-refractivity contribution is -0.128. The maximum Gasteiger partial charge on any atom is 0.277 e. The Kier molecular flexibility index (Phi) is 5.65. The van der Waals surface area contributed by atoms with Crippen LogP contribution in [0.1, 0.15) is 30.1 Å². The van der Waals surface area contributed by atoms with Gasteiger partial charge in [0.1, 0.15) is 5.82 Å². The molecule has 0 bridgehead atoms. The summed E-state index contributed by atoms with van der Waals surface area (Å²) in [6, 6.07) is 16.0. The van der Waals surface area contributed by atoms with Gasteiger partial charge >= 0.3 is 0 Å². The fourth-order valence-corrected chi connectivity index (χ4v) is 4.62. The van der Waals surface area contributed by atoms with E-state index in [4.69, 9.17) is 21.0 Å². The average molecular weight is 454 g/mol. The van der Waals surface area contributed by atoms with E-state index in [1.54, 1.807) is 4.90 Å². The van der Waals surface area contributed by atoms with Crippen LogP contribution in [0.2, 0.25) is 5.02 Å². The van der Waals surface area contributed by atoms with Gasteiger partial charge in [-0.2, -0.15) is 0 Å². The summed E-state index contributed by atoms with van der Waals surface area (Å²) in [5, 5.41) is 9.36. The van der Waals surface area contributed by atoms with Crippen molar-refractivity contribution in [3.63, 3.8) is 0 Å². The molecule has 1 amide bonds. The lowest BCUT2D eigenvalue weighted by atomic mass is 10.2. The number of nitrogens with zero attached hydrogens (tertiary/aromatic N) is 5. The summed E-state index contributed by atoms with van der Waals surface area (Å²) in [6.07, 6.45) is 1.48. The second kappa shape index (κ2) is 8.72. The molecule has 0 atom stereocenters. The van der Waals surface area contributed by atoms with Crippen molar-refractivity contribution in [2.75, 3.05) is 6.54 Å². The highest BCUT2D eigenvalue weighted by Gasteiger charge is 2.22. The second-order valence-electron chi connectivity index (χ2n) is 7.40. The van der Waals surface area contributed by atoms with Gasteiger partial charge in [0.05, 0.1) is 23.3 Å². The number of aromatic nitrogens is 4. The SMILES string of the molecule is O=C1CCCN1Cc1nnc(SCc2nc3cc(Cl)ccc3n2Cc2ccccc2)o1. The van der Waals surface area contributed by atoms with Crippen molar-refractivity contribution in [1.29, 1.82) is 0 Å². The average Bonchev–Trinajstić information content (AvgIpc) is 3.47. The Morgan fingerprint density at radius 3 is 2.77 bits per heavy atom. The quantitative estimate of drug-likeness (QED) is 0.382. The topological polar surface area (TPSA) is 77.1 Å². The zero-order valence-corrected chi connectivity index (χ0v) is 18.3. The van der Waals surface area contributed by atoms with Crippen LogP contribution in [0.25, 0.3) is 11.0 Å². The number of fused-ring (bicyclic) bond motifs is 1. The van der Waals surface area contributed by atoms with Crippen LogP contribution in [0.3, 0.4) is 0 Å². The molecule has 1 aliphatic rings. The Bertz CT molecular complexity index is 1220. The van der Waals surface area contributed by atoms with Crippen LogP contribution in [-0.4, -0.2) is 37.1 Å². The number of thioether (sulfide) groups is 1. The van der Waals surface area contributed by atoms with Crippen LogP contribution >= 0.6 is 23.4 Å². The highest BCUT2D eigenvalue weighted by molar-refractivity contribution is 7.98. The molecule has 31 heavy (non-hydrogen) atoms. The number of hydrogen-bond donors (Lipinski definition) is 0. The number of likely N-dealkylation sites (tertiary alicyclic amines) is 1. The number of benzene rings is 2. The molecule has 2 aromatic heterocycles. The van der Waals surface area contributed by atoms with Crippen LogP contribution in [0.5, 0.6) is 0 Å². The minimum atomic E-state index is 0.140. The molecule has 7 nitrogen and oxygen atoms in total. The number of amides is 1. The number of carbonyl (C=O) groups is 1. The summed E-state index contributed by atoms with van der Waals surface area (Å²) < 4.78 is 7.94. The van der Waals surface area contributed by atoms with Crippen molar-refractivity contribution in [2.24, 2.45) is 0 Å². The Morgan fingerprint density at radius 2 is 1.97 bits per heavy atom. The third-order valence-electron chi connectivity index (χ3n) is 5.24. The number of halogens is 1. The predicted molar refractivity (Wildman–Crippen MR) is 119 cm³/mol. The van der Waals surface area contributed by atoms with Crippen LogP contribution in [0, 0.1) is 0 Å². The van der Waals surface area contributed by atoms with E-state index in [0.717, 1.165) is 29.8 Å². The van der Waals surface area contributed by atoms with Crippen molar-refractivity contribution < 1.29 is 9.21 Å². The molecule has 0 N–H and O–H groups in total. The molecule has 0 radical (unpaired) electrons. The van der Waals surface area contributed by atoms with E-state index in [0.29, 0.717) is 41.4 Å². The number of rotatable bonds is 7. The van der Waals surface area contributed by atoms with Crippen LogP contribution in [0.4, 0.5) is 0 Å². The van der Waals surface area contributed by atoms with Gasteiger partial charge in [0.25, 0.3) is 5.22 Å². The van der Waals surface area contributed by atoms with Crippen LogP contribution in [0.15, 0.2) is 58.2 Å². The number of imidazole rings is 1. The van der Waals surface area contributed by atoms with Crippen molar-refractivity contribution in [1.82, 2.24) is 24.6 Å². The van der Waals surface area contributed by atoms with E-state index in [-0.39, 0.29) is 5.91 Å². The zero-order valence-electron chi connectivity index (χ0n) is 16.7. The minimum Gasteiger partial charge on any atom is -0.414 e. The van der Waals surface area contributed by atoms with Crippen molar-refractivity contribution in [3.05, 3.63) is 70.8 Å². The second-order valence-corrected chi connectivity index (χ2v) is 8.77. The summed E-state index contributed by atoms with van der Waals surface area (Å²) in [5.41, 5.74) is 3.08. The van der Waals surface area contributed by atoms with Crippen LogP contribution < -0.4 is 0 Å². The maximum absolute atomic E-state index is 11.8. The molecule has 5 rings (SSSR count). The molecule has 4 aromatic rings. The molecular weight excluding hydrogens is 434 g/mol. The van der Waals surface area contributed by atoms with Gasteiger partial charge < -0.3 is 13.9 Å². The fourth-order valence-electron chi connectivity index (χ4n) is 3.73. The van der Waals surface area contributed by atoms with Gasteiger partial charge in [-0.25, -0.2) is 4.98 Å². The molecule has 1 fully saturated rings. The summed E-state index contributed by atoms with van der Waals surface area (Å²) in [5.74, 6) is 2.08. The summed E-state index contributed by atoms with van der Waals surface area (Å²) in [4.78, 5) is 18.4. The molecule has 2 aromatic carbocycles. The molecule has 3 heterocycles. The summed E-state index contributed by atoms with van der Waals surface area (Å²) in [7, 11) is 0. The van der Waals surface area contributed by atoms with Gasteiger partial charge in [0.15, 0.2) is 0 Å². The highest BCUT2D eigenvalue weighted by atomic mass is 35.5. The lowest BCUT2D eigenvalue weighted by Crippen LogP contribution is -2.23. The first-order valence-electron chi connectivity index (χ1n) is 10.1. The van der Waals surface area contributed by atoms with Crippen LogP contribution in [-0.2, 0) is 23.6 Å². The molecule has 0 saturated carbocycles. The van der Waals surface area contributed by atoms with E-state index < -0.39 is 0 Å². The molecule has 158 valence electrons. The van der Waals surface area contributed by atoms with E-state index in [2.05, 4.69) is 26.9 Å². The number of carbonyl (C=O) groups excluding carboxylic acids is 1. The lowest BCUT2D eigenvalue weighted by Gasteiger charge is -2.11. The van der Waals surface area contributed by atoms with Gasteiger partial charge in [0.2, 0.25) is 11.8 Å². The Balaban J connectivity index is 1.35. The van der Waals surface area contributed by atoms with E-state index >= 15 is 0 Å². The summed E-state index contributed by atoms with van der Waals surface area (Å²) >= 11 is 7.62. The Labute approximate surface area is 188 Å². The van der Waals surface area contributed by atoms with Gasteiger partial charge in [-0.05, 0) is 30.2 Å². The zero-order chi connectivity index (χ0) is 21.2. The molecule has 0 spiro atoms. The van der Waals surface area contributed by atoms with Crippen molar-refractivity contribution in [2.45, 2.75) is 36.9 Å². The Morgan fingerprint density at radius 1 is 1.10 bits per heavy atom. The van der Waals surface area contributed by atoms with Gasteiger partial charge in [-0.3, -0.25) is 4.79 Å². The molecule has 1 saturated heterocycles. The first-order chi connectivity index (χ1) is 15.2. The third-order valence-corrected chi connectivity index (χ3v) is 6.29. The molecule has 0 unspecified atom stereocenters. The van der Waals surface area contributed by atoms with E-state index in [9.17, 15) is 4.79 Å². The standard InChI is InChI=1S/C22H20ClN5O2S/c23-16-8-9-18-17(11-16)24-19(28(18)12-15-5-2-1-3-6-15)14-31-22-26-25-20(30-22)13-27-10-4-7-21(27)29/h1-3,5-6,8-9,11H,4,7,10,12-14H2.